The number of carbonyl (C=O) groups excluding carboxylic acids is 1. The lowest BCUT2D eigenvalue weighted by atomic mass is 10.0. The SMILES string of the molecule is COc1ccc(-c2ccoc2C=O)c(C)c1. The van der Waals surface area contributed by atoms with E-state index in [0.29, 0.717) is 5.76 Å². The number of methoxy groups -OCH3 is 1. The normalized spacial score (nSPS) is 10.1. The fraction of sp³-hybridized carbons (Fsp3) is 0.154. The lowest BCUT2D eigenvalue weighted by Gasteiger charge is -2.06. The summed E-state index contributed by atoms with van der Waals surface area (Å²) in [6.07, 6.45) is 2.24. The van der Waals surface area contributed by atoms with E-state index < -0.39 is 0 Å². The van der Waals surface area contributed by atoms with Gasteiger partial charge >= 0.3 is 0 Å². The lowest BCUT2D eigenvalue weighted by Crippen LogP contribution is -1.88. The topological polar surface area (TPSA) is 39.4 Å². The van der Waals surface area contributed by atoms with Gasteiger partial charge in [-0.05, 0) is 36.2 Å². The first kappa shape index (κ1) is 10.5. The molecule has 1 heterocycles. The van der Waals surface area contributed by atoms with E-state index in [9.17, 15) is 4.79 Å². The highest BCUT2D eigenvalue weighted by Crippen LogP contribution is 2.29. The maximum atomic E-state index is 10.8. The summed E-state index contributed by atoms with van der Waals surface area (Å²) in [5.74, 6) is 1.16. The molecule has 0 aliphatic heterocycles. The maximum absolute atomic E-state index is 10.8. The Hall–Kier alpha value is -2.03. The van der Waals surface area contributed by atoms with Gasteiger partial charge in [0, 0.05) is 5.56 Å². The van der Waals surface area contributed by atoms with Crippen molar-refractivity contribution in [2.75, 3.05) is 7.11 Å². The number of aryl methyl sites for hydroxylation is 1. The molecule has 0 bridgehead atoms. The first-order chi connectivity index (χ1) is 7.76. The molecule has 0 unspecified atom stereocenters. The monoisotopic (exact) mass is 216 g/mol. The summed E-state index contributed by atoms with van der Waals surface area (Å²) < 4.78 is 10.2. The Balaban J connectivity index is 2.52. The number of hydrogen-bond acceptors (Lipinski definition) is 3. The molecular weight excluding hydrogens is 204 g/mol. The third-order valence-corrected chi connectivity index (χ3v) is 2.53. The van der Waals surface area contributed by atoms with Crippen LogP contribution in [0.3, 0.4) is 0 Å². The van der Waals surface area contributed by atoms with E-state index in [1.807, 2.05) is 25.1 Å². The van der Waals surface area contributed by atoms with Gasteiger partial charge in [0.05, 0.1) is 13.4 Å². The second kappa shape index (κ2) is 4.23. The molecule has 0 aliphatic rings. The van der Waals surface area contributed by atoms with Crippen LogP contribution in [0.25, 0.3) is 11.1 Å². The van der Waals surface area contributed by atoms with Crippen molar-refractivity contribution in [2.24, 2.45) is 0 Å². The second-order valence-corrected chi connectivity index (χ2v) is 3.50. The standard InChI is InChI=1S/C13H12O3/c1-9-7-10(15-2)3-4-11(9)12-5-6-16-13(12)8-14/h3-8H,1-2H3. The van der Waals surface area contributed by atoms with Crippen LogP contribution in [-0.4, -0.2) is 13.4 Å². The number of carbonyl (C=O) groups is 1. The Bertz CT molecular complexity index is 512. The molecule has 0 N–H and O–H groups in total. The molecule has 0 saturated heterocycles. The molecule has 0 atom stereocenters. The molecule has 0 saturated carbocycles. The van der Waals surface area contributed by atoms with Gasteiger partial charge in [-0.1, -0.05) is 6.07 Å². The Kier molecular flexibility index (Phi) is 2.77. The van der Waals surface area contributed by atoms with Crippen molar-refractivity contribution < 1.29 is 13.9 Å². The van der Waals surface area contributed by atoms with E-state index in [-0.39, 0.29) is 0 Å². The maximum Gasteiger partial charge on any atom is 0.185 e. The van der Waals surface area contributed by atoms with E-state index in [2.05, 4.69) is 0 Å². The average molecular weight is 216 g/mol. The van der Waals surface area contributed by atoms with E-state index in [0.717, 1.165) is 28.7 Å². The van der Waals surface area contributed by atoms with E-state index in [1.165, 1.54) is 6.26 Å². The van der Waals surface area contributed by atoms with Gasteiger partial charge < -0.3 is 9.15 Å². The molecule has 0 fully saturated rings. The summed E-state index contributed by atoms with van der Waals surface area (Å²) in [5.41, 5.74) is 2.84. The quantitative estimate of drug-likeness (QED) is 0.740. The Morgan fingerprint density at radius 3 is 2.69 bits per heavy atom. The van der Waals surface area contributed by atoms with Gasteiger partial charge in [0.2, 0.25) is 0 Å². The molecule has 1 aromatic carbocycles. The van der Waals surface area contributed by atoms with Gasteiger partial charge in [0.15, 0.2) is 12.0 Å². The molecule has 2 aromatic rings. The lowest BCUT2D eigenvalue weighted by molar-refractivity contribution is 0.110. The minimum atomic E-state index is 0.355. The molecule has 0 aliphatic carbocycles. The van der Waals surface area contributed by atoms with Gasteiger partial charge in [0.1, 0.15) is 5.75 Å². The highest BCUT2D eigenvalue weighted by atomic mass is 16.5. The summed E-state index contributed by atoms with van der Waals surface area (Å²) in [6.45, 7) is 1.97. The van der Waals surface area contributed by atoms with Crippen molar-refractivity contribution >= 4 is 6.29 Å². The Labute approximate surface area is 93.7 Å². The molecule has 82 valence electrons. The van der Waals surface area contributed by atoms with E-state index in [4.69, 9.17) is 9.15 Å². The molecule has 16 heavy (non-hydrogen) atoms. The summed E-state index contributed by atoms with van der Waals surface area (Å²) in [4.78, 5) is 10.8. The first-order valence-corrected chi connectivity index (χ1v) is 4.94. The molecule has 0 radical (unpaired) electrons. The summed E-state index contributed by atoms with van der Waals surface area (Å²) in [6, 6.07) is 7.51. The van der Waals surface area contributed by atoms with Crippen molar-refractivity contribution in [1.29, 1.82) is 0 Å². The van der Waals surface area contributed by atoms with Crippen LogP contribution in [0.5, 0.6) is 5.75 Å². The van der Waals surface area contributed by atoms with Gasteiger partial charge in [0.25, 0.3) is 0 Å². The van der Waals surface area contributed by atoms with Crippen LogP contribution in [0.2, 0.25) is 0 Å². The molecule has 0 spiro atoms. The molecular formula is C13H12O3. The summed E-state index contributed by atoms with van der Waals surface area (Å²) in [5, 5.41) is 0. The van der Waals surface area contributed by atoms with Crippen molar-refractivity contribution in [1.82, 2.24) is 0 Å². The second-order valence-electron chi connectivity index (χ2n) is 3.50. The fourth-order valence-electron chi connectivity index (χ4n) is 1.70. The minimum absolute atomic E-state index is 0.355. The number of ether oxygens (including phenoxy) is 1. The minimum Gasteiger partial charge on any atom is -0.497 e. The number of hydrogen-bond donors (Lipinski definition) is 0. The van der Waals surface area contributed by atoms with Gasteiger partial charge in [-0.3, -0.25) is 4.79 Å². The fourth-order valence-corrected chi connectivity index (χ4v) is 1.70. The van der Waals surface area contributed by atoms with Crippen LogP contribution >= 0.6 is 0 Å². The zero-order valence-corrected chi connectivity index (χ0v) is 9.19. The third-order valence-electron chi connectivity index (χ3n) is 2.53. The number of benzene rings is 1. The van der Waals surface area contributed by atoms with Gasteiger partial charge in [-0.25, -0.2) is 0 Å². The molecule has 0 amide bonds. The Morgan fingerprint density at radius 2 is 2.06 bits per heavy atom. The van der Waals surface area contributed by atoms with Crippen LogP contribution < -0.4 is 4.74 Å². The van der Waals surface area contributed by atoms with Crippen molar-refractivity contribution in [3.63, 3.8) is 0 Å². The van der Waals surface area contributed by atoms with Crippen LogP contribution in [0, 0.1) is 6.92 Å². The summed E-state index contributed by atoms with van der Waals surface area (Å²) in [7, 11) is 1.63. The van der Waals surface area contributed by atoms with Crippen LogP contribution in [0.1, 0.15) is 16.1 Å². The Morgan fingerprint density at radius 1 is 1.25 bits per heavy atom. The average Bonchev–Trinajstić information content (AvgIpc) is 2.76. The molecule has 1 aromatic heterocycles. The molecule has 3 heteroatoms. The predicted molar refractivity (Wildman–Crippen MR) is 60.8 cm³/mol. The number of rotatable bonds is 3. The number of furan rings is 1. The predicted octanol–water partition coefficient (Wildman–Crippen LogP) is 3.08. The largest absolute Gasteiger partial charge is 0.497 e. The zero-order chi connectivity index (χ0) is 11.5. The highest BCUT2D eigenvalue weighted by molar-refractivity contribution is 5.85. The highest BCUT2D eigenvalue weighted by Gasteiger charge is 2.10. The van der Waals surface area contributed by atoms with Crippen LogP contribution in [-0.2, 0) is 0 Å². The van der Waals surface area contributed by atoms with E-state index >= 15 is 0 Å². The van der Waals surface area contributed by atoms with Crippen molar-refractivity contribution in [3.05, 3.63) is 41.9 Å². The van der Waals surface area contributed by atoms with Crippen molar-refractivity contribution in [3.8, 4) is 16.9 Å². The number of aldehydes is 1. The third kappa shape index (κ3) is 1.72. The van der Waals surface area contributed by atoms with Crippen LogP contribution in [0.4, 0.5) is 0 Å². The smallest absolute Gasteiger partial charge is 0.185 e. The van der Waals surface area contributed by atoms with E-state index in [1.54, 1.807) is 13.2 Å². The van der Waals surface area contributed by atoms with Crippen molar-refractivity contribution in [2.45, 2.75) is 6.92 Å². The van der Waals surface area contributed by atoms with Crippen LogP contribution in [0.15, 0.2) is 34.9 Å². The molecule has 3 nitrogen and oxygen atoms in total. The first-order valence-electron chi connectivity index (χ1n) is 4.94. The molecule has 2 rings (SSSR count). The van der Waals surface area contributed by atoms with Gasteiger partial charge in [-0.15, -0.1) is 0 Å². The van der Waals surface area contributed by atoms with Gasteiger partial charge in [-0.2, -0.15) is 0 Å². The zero-order valence-electron chi connectivity index (χ0n) is 9.19. The summed E-state index contributed by atoms with van der Waals surface area (Å²) >= 11 is 0.